The molecular weight excluding hydrogens is 139 g/mol. The predicted octanol–water partition coefficient (Wildman–Crippen LogP) is -1.56. The van der Waals surface area contributed by atoms with Gasteiger partial charge < -0.3 is 12.0 Å². The minimum Gasteiger partial charge on any atom is -0.473 e. The van der Waals surface area contributed by atoms with Crippen LogP contribution in [-0.4, -0.2) is 10.4 Å². The fourth-order valence-corrected chi connectivity index (χ4v) is 0. The van der Waals surface area contributed by atoms with E-state index in [1.807, 2.05) is 0 Å². The second-order valence-corrected chi connectivity index (χ2v) is 0.665. The van der Waals surface area contributed by atoms with E-state index in [2.05, 4.69) is 19.6 Å². The Kier molecular flexibility index (Phi) is 35.3. The van der Waals surface area contributed by atoms with Gasteiger partial charge in [-0.25, -0.2) is 4.79 Å². The average Bonchev–Trinajstić information content (AvgIpc) is 1.41. The fraction of sp³-hybridized carbons (Fsp3) is 0.333. The quantitative estimate of drug-likeness (QED) is 0.246. The van der Waals surface area contributed by atoms with Crippen LogP contribution >= 0.6 is 12.6 Å². The van der Waals surface area contributed by atoms with Gasteiger partial charge in [-0.2, -0.15) is 6.92 Å². The minimum atomic E-state index is -1.14. The summed E-state index contributed by atoms with van der Waals surface area (Å²) in [7, 11) is 0. The van der Waals surface area contributed by atoms with Gasteiger partial charge in [-0.15, -0.1) is 0 Å². The number of carbonyl (C=O) groups is 1. The summed E-state index contributed by atoms with van der Waals surface area (Å²) in [4.78, 5) is 8.86. The van der Waals surface area contributed by atoms with Crippen molar-refractivity contribution in [2.24, 2.45) is 0 Å². The zero-order chi connectivity index (χ0) is 5.58. The van der Waals surface area contributed by atoms with E-state index in [4.69, 9.17) is 9.90 Å². The molecule has 0 bridgehead atoms. The molecule has 38 valence electrons. The number of hydrogen-bond donors (Lipinski definition) is 2. The van der Waals surface area contributed by atoms with Crippen molar-refractivity contribution in [1.29, 1.82) is 0 Å². The molecule has 0 aromatic heterocycles. The van der Waals surface area contributed by atoms with Crippen molar-refractivity contribution >= 4 is 17.9 Å². The molecule has 0 aromatic rings. The standard InChI is InChI=1S/C2H5.CH2O2S.K/c1-2;2-1(3)4;/h1H2,2H3;4H,(H,2,3);/q-1;;+1. The van der Waals surface area contributed by atoms with Crippen LogP contribution in [0.2, 0.25) is 0 Å². The molecule has 0 radical (unpaired) electrons. The third-order valence-corrected chi connectivity index (χ3v) is 0. The minimum absolute atomic E-state index is 0. The molecule has 0 spiro atoms. The first-order chi connectivity index (χ1) is 2.73. The van der Waals surface area contributed by atoms with Gasteiger partial charge in [-0.05, 0) is 0 Å². The van der Waals surface area contributed by atoms with Gasteiger partial charge in [0.15, 0.2) is 0 Å². The summed E-state index contributed by atoms with van der Waals surface area (Å²) in [6, 6.07) is 0. The van der Waals surface area contributed by atoms with Crippen LogP contribution < -0.4 is 51.4 Å². The summed E-state index contributed by atoms with van der Waals surface area (Å²) < 4.78 is 0. The van der Waals surface area contributed by atoms with E-state index in [1.165, 1.54) is 0 Å². The van der Waals surface area contributed by atoms with Gasteiger partial charge in [0.1, 0.15) is 0 Å². The molecule has 0 fully saturated rings. The van der Waals surface area contributed by atoms with Gasteiger partial charge in [0.05, 0.1) is 0 Å². The maximum atomic E-state index is 8.86. The number of hydrogen-bond acceptors (Lipinski definition) is 1. The predicted molar refractivity (Wildman–Crippen MR) is 28.0 cm³/mol. The van der Waals surface area contributed by atoms with Crippen LogP contribution in [0.25, 0.3) is 0 Å². The van der Waals surface area contributed by atoms with Crippen molar-refractivity contribution < 1.29 is 61.3 Å². The molecule has 0 atom stereocenters. The zero-order valence-corrected chi connectivity index (χ0v) is 8.53. The maximum Gasteiger partial charge on any atom is 1.00 e. The molecule has 4 heteroatoms. The number of rotatable bonds is 0. The Morgan fingerprint density at radius 3 is 1.71 bits per heavy atom. The average molecular weight is 146 g/mol. The molecule has 0 aromatic carbocycles. The summed E-state index contributed by atoms with van der Waals surface area (Å²) in [5.41, 5.74) is 0. The smallest absolute Gasteiger partial charge is 0.473 e. The van der Waals surface area contributed by atoms with E-state index < -0.39 is 5.30 Å². The first-order valence-electron chi connectivity index (χ1n) is 1.36. The van der Waals surface area contributed by atoms with Gasteiger partial charge >= 0.3 is 56.7 Å². The molecular formula is C3H7KO2S. The molecule has 1 N–H and O–H groups in total. The van der Waals surface area contributed by atoms with Crippen LogP contribution in [0, 0.1) is 6.92 Å². The van der Waals surface area contributed by atoms with Crippen LogP contribution in [0.1, 0.15) is 6.92 Å². The SMILES string of the molecule is O=C(O)S.[CH2-]C.[K+]. The normalized spacial score (nSPS) is 4.43. The Balaban J connectivity index is -0.0000000480. The Bertz CT molecular complexity index is 35.9. The van der Waals surface area contributed by atoms with E-state index in [0.29, 0.717) is 0 Å². The van der Waals surface area contributed by atoms with Crippen LogP contribution in [-0.2, 0) is 0 Å². The van der Waals surface area contributed by atoms with Crippen molar-refractivity contribution in [3.8, 4) is 0 Å². The van der Waals surface area contributed by atoms with Gasteiger partial charge in [0.2, 0.25) is 0 Å². The van der Waals surface area contributed by atoms with Crippen LogP contribution in [0.4, 0.5) is 4.79 Å². The molecule has 0 aliphatic rings. The van der Waals surface area contributed by atoms with E-state index in [-0.39, 0.29) is 51.4 Å². The van der Waals surface area contributed by atoms with Gasteiger partial charge in [0.25, 0.3) is 0 Å². The van der Waals surface area contributed by atoms with Crippen molar-refractivity contribution in [2.75, 3.05) is 0 Å². The Labute approximate surface area is 91.5 Å². The number of thiol groups is 1. The largest absolute Gasteiger partial charge is 1.00 e. The van der Waals surface area contributed by atoms with Gasteiger partial charge in [-0.3, -0.25) is 0 Å². The third kappa shape index (κ3) is 105. The topological polar surface area (TPSA) is 37.3 Å². The van der Waals surface area contributed by atoms with E-state index in [9.17, 15) is 0 Å². The number of carboxylic acid groups (broad SMARTS) is 1. The van der Waals surface area contributed by atoms with Crippen molar-refractivity contribution in [3.63, 3.8) is 0 Å². The molecule has 0 rings (SSSR count). The molecule has 0 saturated heterocycles. The van der Waals surface area contributed by atoms with Crippen LogP contribution in [0.5, 0.6) is 0 Å². The Hall–Kier alpha value is 1.46. The van der Waals surface area contributed by atoms with E-state index in [0.717, 1.165) is 0 Å². The monoisotopic (exact) mass is 146 g/mol. The van der Waals surface area contributed by atoms with Crippen molar-refractivity contribution in [1.82, 2.24) is 0 Å². The third-order valence-electron chi connectivity index (χ3n) is 0. The van der Waals surface area contributed by atoms with Crippen molar-refractivity contribution in [2.45, 2.75) is 6.92 Å². The van der Waals surface area contributed by atoms with Gasteiger partial charge in [0, 0.05) is 0 Å². The Morgan fingerprint density at radius 2 is 1.71 bits per heavy atom. The van der Waals surface area contributed by atoms with E-state index >= 15 is 0 Å². The van der Waals surface area contributed by atoms with Gasteiger partial charge in [-0.1, -0.05) is 12.6 Å². The Morgan fingerprint density at radius 1 is 1.71 bits per heavy atom. The summed E-state index contributed by atoms with van der Waals surface area (Å²) in [5.74, 6) is 0. The fourth-order valence-electron chi connectivity index (χ4n) is 0. The van der Waals surface area contributed by atoms with Crippen molar-refractivity contribution in [3.05, 3.63) is 6.92 Å². The maximum absolute atomic E-state index is 8.86. The molecule has 0 aliphatic carbocycles. The first-order valence-corrected chi connectivity index (χ1v) is 1.81. The summed E-state index contributed by atoms with van der Waals surface area (Å²) in [6.45, 7) is 5.00. The molecule has 0 saturated carbocycles. The summed E-state index contributed by atoms with van der Waals surface area (Å²) >= 11 is 2.88. The van der Waals surface area contributed by atoms with E-state index in [1.54, 1.807) is 6.92 Å². The second kappa shape index (κ2) is 15.7. The zero-order valence-electron chi connectivity index (χ0n) is 4.51. The molecule has 2 nitrogen and oxygen atoms in total. The molecule has 0 amide bonds. The van der Waals surface area contributed by atoms with Crippen LogP contribution in [0.3, 0.4) is 0 Å². The molecule has 7 heavy (non-hydrogen) atoms. The first kappa shape index (κ1) is 15.8. The molecule has 0 aliphatic heterocycles. The molecule has 0 unspecified atom stereocenters. The second-order valence-electron chi connectivity index (χ2n) is 0.283. The summed E-state index contributed by atoms with van der Waals surface area (Å²) in [5, 5.41) is 6.14. The molecule has 0 heterocycles. The summed E-state index contributed by atoms with van der Waals surface area (Å²) in [6.07, 6.45) is 0. The van der Waals surface area contributed by atoms with Crippen LogP contribution in [0.15, 0.2) is 0 Å².